The summed E-state index contributed by atoms with van der Waals surface area (Å²) < 4.78 is 0. The van der Waals surface area contributed by atoms with Crippen LogP contribution in [0.1, 0.15) is 34.8 Å². The first-order valence-corrected chi connectivity index (χ1v) is 5.57. The number of aliphatic carboxylic acids is 1. The molecule has 1 atom stereocenters. The quantitative estimate of drug-likeness (QED) is 0.765. The van der Waals surface area contributed by atoms with Gasteiger partial charge in [0.2, 0.25) is 0 Å². The maximum absolute atomic E-state index is 11.3. The van der Waals surface area contributed by atoms with Crippen molar-refractivity contribution in [2.24, 2.45) is 5.92 Å². The molecule has 4 heteroatoms. The minimum Gasteiger partial charge on any atom is -0.507 e. The van der Waals surface area contributed by atoms with Crippen LogP contribution in [0.4, 0.5) is 0 Å². The third kappa shape index (κ3) is 2.16. The number of phenols is 1. The Kier molecular flexibility index (Phi) is 2.88. The molecule has 0 fully saturated rings. The van der Waals surface area contributed by atoms with Gasteiger partial charge >= 0.3 is 5.97 Å². The molecular formula is C13H14O4. The second-order valence-electron chi connectivity index (χ2n) is 4.47. The highest BCUT2D eigenvalue weighted by Gasteiger charge is 2.25. The van der Waals surface area contributed by atoms with E-state index in [1.807, 2.05) is 0 Å². The number of hydrogen-bond acceptors (Lipinski definition) is 3. The third-order valence-electron chi connectivity index (χ3n) is 3.27. The van der Waals surface area contributed by atoms with Gasteiger partial charge in [-0.1, -0.05) is 0 Å². The summed E-state index contributed by atoms with van der Waals surface area (Å²) in [7, 11) is 0. The molecule has 0 saturated heterocycles. The van der Waals surface area contributed by atoms with E-state index < -0.39 is 5.97 Å². The standard InChI is InChI=1S/C13H14O4/c1-7(14)11-5-8-2-3-9(13(16)17)4-10(8)6-12(11)15/h5-6,9,15H,2-4H2,1H3,(H,16,17)/t9-/m1/s1. The molecule has 0 amide bonds. The molecular weight excluding hydrogens is 220 g/mol. The van der Waals surface area contributed by atoms with Gasteiger partial charge in [-0.15, -0.1) is 0 Å². The van der Waals surface area contributed by atoms with Gasteiger partial charge < -0.3 is 10.2 Å². The largest absolute Gasteiger partial charge is 0.507 e. The van der Waals surface area contributed by atoms with E-state index in [4.69, 9.17) is 5.11 Å². The van der Waals surface area contributed by atoms with E-state index in [1.165, 1.54) is 13.0 Å². The number of carboxylic acids is 1. The minimum atomic E-state index is -0.800. The molecule has 1 aromatic rings. The number of rotatable bonds is 2. The first-order chi connectivity index (χ1) is 7.99. The van der Waals surface area contributed by atoms with Crippen LogP contribution in [0.15, 0.2) is 12.1 Å². The summed E-state index contributed by atoms with van der Waals surface area (Å²) in [5.41, 5.74) is 2.13. The topological polar surface area (TPSA) is 74.6 Å². The van der Waals surface area contributed by atoms with Crippen molar-refractivity contribution in [2.45, 2.75) is 26.2 Å². The molecule has 0 bridgehead atoms. The van der Waals surface area contributed by atoms with Crippen LogP contribution in [0, 0.1) is 5.92 Å². The Labute approximate surface area is 98.9 Å². The monoisotopic (exact) mass is 234 g/mol. The Bertz CT molecular complexity index is 490. The van der Waals surface area contributed by atoms with Crippen molar-refractivity contribution in [2.75, 3.05) is 0 Å². The predicted molar refractivity (Wildman–Crippen MR) is 61.3 cm³/mol. The summed E-state index contributed by atoms with van der Waals surface area (Å²) in [6.45, 7) is 1.41. The van der Waals surface area contributed by atoms with Crippen LogP contribution >= 0.6 is 0 Å². The van der Waals surface area contributed by atoms with Gasteiger partial charge in [-0.25, -0.2) is 0 Å². The number of carbonyl (C=O) groups is 2. The first kappa shape index (κ1) is 11.6. The molecule has 1 aromatic carbocycles. The average Bonchev–Trinajstić information content (AvgIpc) is 2.26. The van der Waals surface area contributed by atoms with Crippen LogP contribution in [0.5, 0.6) is 5.75 Å². The molecule has 17 heavy (non-hydrogen) atoms. The lowest BCUT2D eigenvalue weighted by Crippen LogP contribution is -2.22. The van der Waals surface area contributed by atoms with Crippen LogP contribution in [0.25, 0.3) is 0 Å². The summed E-state index contributed by atoms with van der Waals surface area (Å²) in [5, 5.41) is 18.7. The van der Waals surface area contributed by atoms with E-state index in [2.05, 4.69) is 0 Å². The molecule has 0 unspecified atom stereocenters. The Hall–Kier alpha value is -1.84. The van der Waals surface area contributed by atoms with Crippen molar-refractivity contribution in [3.05, 3.63) is 28.8 Å². The molecule has 2 N–H and O–H groups in total. The number of benzene rings is 1. The number of ketones is 1. The number of aromatic hydroxyl groups is 1. The van der Waals surface area contributed by atoms with Gasteiger partial charge in [-0.3, -0.25) is 9.59 Å². The summed E-state index contributed by atoms with van der Waals surface area (Å²) in [6.07, 6.45) is 1.66. The maximum Gasteiger partial charge on any atom is 0.306 e. The number of carboxylic acid groups (broad SMARTS) is 1. The van der Waals surface area contributed by atoms with E-state index in [0.29, 0.717) is 24.8 Å². The highest BCUT2D eigenvalue weighted by Crippen LogP contribution is 2.31. The SMILES string of the molecule is CC(=O)c1cc2c(cc1O)C[C@H](C(=O)O)CC2. The molecule has 1 aliphatic rings. The fourth-order valence-corrected chi connectivity index (χ4v) is 2.29. The van der Waals surface area contributed by atoms with E-state index in [1.54, 1.807) is 6.07 Å². The predicted octanol–water partition coefficient (Wildman–Crippen LogP) is 1.78. The Morgan fingerprint density at radius 1 is 1.29 bits per heavy atom. The van der Waals surface area contributed by atoms with Gasteiger partial charge in [-0.05, 0) is 49.4 Å². The van der Waals surface area contributed by atoms with Crippen LogP contribution in [0.2, 0.25) is 0 Å². The van der Waals surface area contributed by atoms with Crippen molar-refractivity contribution in [1.82, 2.24) is 0 Å². The zero-order valence-electron chi connectivity index (χ0n) is 9.56. The second kappa shape index (κ2) is 4.20. The molecule has 2 rings (SSSR count). The Morgan fingerprint density at radius 3 is 2.59 bits per heavy atom. The normalized spacial score (nSPS) is 18.5. The number of carbonyl (C=O) groups excluding carboxylic acids is 1. The van der Waals surface area contributed by atoms with E-state index in [-0.39, 0.29) is 17.5 Å². The fourth-order valence-electron chi connectivity index (χ4n) is 2.29. The van der Waals surface area contributed by atoms with Crippen molar-refractivity contribution >= 4 is 11.8 Å². The lowest BCUT2D eigenvalue weighted by molar-refractivity contribution is -0.142. The number of hydrogen-bond donors (Lipinski definition) is 2. The maximum atomic E-state index is 11.3. The number of fused-ring (bicyclic) bond motifs is 1. The number of Topliss-reactive ketones (excluding diaryl/α,β-unsaturated/α-hetero) is 1. The van der Waals surface area contributed by atoms with Crippen LogP contribution < -0.4 is 0 Å². The molecule has 0 aromatic heterocycles. The first-order valence-electron chi connectivity index (χ1n) is 5.57. The lowest BCUT2D eigenvalue weighted by Gasteiger charge is -2.22. The zero-order chi connectivity index (χ0) is 12.6. The second-order valence-corrected chi connectivity index (χ2v) is 4.47. The van der Waals surface area contributed by atoms with Gasteiger partial charge in [0, 0.05) is 0 Å². The summed E-state index contributed by atoms with van der Waals surface area (Å²) in [4.78, 5) is 22.2. The zero-order valence-corrected chi connectivity index (χ0v) is 9.56. The van der Waals surface area contributed by atoms with Crippen molar-refractivity contribution in [1.29, 1.82) is 0 Å². The molecule has 0 aliphatic heterocycles. The molecule has 1 aliphatic carbocycles. The van der Waals surface area contributed by atoms with Crippen molar-refractivity contribution < 1.29 is 19.8 Å². The average molecular weight is 234 g/mol. The summed E-state index contributed by atoms with van der Waals surface area (Å²) in [5.74, 6) is -1.41. The van der Waals surface area contributed by atoms with Gasteiger partial charge in [0.05, 0.1) is 11.5 Å². The fraction of sp³-hybridized carbons (Fsp3) is 0.385. The van der Waals surface area contributed by atoms with Crippen molar-refractivity contribution in [3.8, 4) is 5.75 Å². The molecule has 0 saturated carbocycles. The lowest BCUT2D eigenvalue weighted by atomic mass is 9.82. The van der Waals surface area contributed by atoms with Crippen LogP contribution in [0.3, 0.4) is 0 Å². The minimum absolute atomic E-state index is 0.0534. The highest BCUT2D eigenvalue weighted by molar-refractivity contribution is 5.97. The molecule has 0 heterocycles. The molecule has 4 nitrogen and oxygen atoms in total. The summed E-state index contributed by atoms with van der Waals surface area (Å²) >= 11 is 0. The van der Waals surface area contributed by atoms with Crippen LogP contribution in [-0.4, -0.2) is 22.0 Å². The number of phenolic OH excluding ortho intramolecular Hbond substituents is 1. The van der Waals surface area contributed by atoms with Gasteiger partial charge in [0.1, 0.15) is 5.75 Å². The third-order valence-corrected chi connectivity index (χ3v) is 3.27. The Morgan fingerprint density at radius 2 is 2.00 bits per heavy atom. The summed E-state index contributed by atoms with van der Waals surface area (Å²) in [6, 6.07) is 3.21. The van der Waals surface area contributed by atoms with Gasteiger partial charge in [0.25, 0.3) is 0 Å². The van der Waals surface area contributed by atoms with Crippen molar-refractivity contribution in [3.63, 3.8) is 0 Å². The van der Waals surface area contributed by atoms with E-state index in [9.17, 15) is 14.7 Å². The smallest absolute Gasteiger partial charge is 0.306 e. The van der Waals surface area contributed by atoms with Crippen LogP contribution in [-0.2, 0) is 17.6 Å². The number of aryl methyl sites for hydroxylation is 1. The van der Waals surface area contributed by atoms with E-state index >= 15 is 0 Å². The molecule has 0 radical (unpaired) electrons. The Balaban J connectivity index is 2.38. The molecule has 90 valence electrons. The van der Waals surface area contributed by atoms with E-state index in [0.717, 1.165) is 11.1 Å². The molecule has 0 spiro atoms. The van der Waals surface area contributed by atoms with Gasteiger partial charge in [0.15, 0.2) is 5.78 Å². The highest BCUT2D eigenvalue weighted by atomic mass is 16.4. The van der Waals surface area contributed by atoms with Gasteiger partial charge in [-0.2, -0.15) is 0 Å².